The van der Waals surface area contributed by atoms with Crippen LogP contribution in [0.1, 0.15) is 45.4 Å². The van der Waals surface area contributed by atoms with Gasteiger partial charge in [-0.15, -0.1) is 0 Å². The highest BCUT2D eigenvalue weighted by Crippen LogP contribution is 2.39. The molecular weight excluding hydrogens is 210 g/mol. The Morgan fingerprint density at radius 2 is 2.00 bits per heavy atom. The van der Waals surface area contributed by atoms with Gasteiger partial charge in [-0.2, -0.15) is 0 Å². The first-order chi connectivity index (χ1) is 8.25. The quantitative estimate of drug-likeness (QED) is 0.788. The highest BCUT2D eigenvalue weighted by molar-refractivity contribution is 5.04. The Morgan fingerprint density at radius 3 is 2.71 bits per heavy atom. The third kappa shape index (κ3) is 1.92. The molecular formula is C14H27N3. The fraction of sp³-hybridized carbons (Fsp3) is 1.00. The number of fused-ring (bicyclic) bond motifs is 1. The average Bonchev–Trinajstić information content (AvgIpc) is 2.96. The van der Waals surface area contributed by atoms with Gasteiger partial charge in [0.05, 0.1) is 0 Å². The van der Waals surface area contributed by atoms with Crippen molar-refractivity contribution in [2.45, 2.75) is 63.1 Å². The molecule has 3 rings (SSSR count). The first-order valence-corrected chi connectivity index (χ1v) is 7.46. The number of rotatable bonds is 2. The molecule has 3 aliphatic rings. The zero-order valence-corrected chi connectivity index (χ0v) is 11.2. The van der Waals surface area contributed by atoms with Crippen LogP contribution in [0.5, 0.6) is 0 Å². The molecule has 0 radical (unpaired) electrons. The van der Waals surface area contributed by atoms with E-state index in [4.69, 9.17) is 5.73 Å². The number of piperidine rings is 1. The number of hydrogen-bond acceptors (Lipinski definition) is 3. The third-order valence-corrected chi connectivity index (χ3v) is 5.52. The van der Waals surface area contributed by atoms with E-state index in [0.717, 1.165) is 18.6 Å². The van der Waals surface area contributed by atoms with Gasteiger partial charge in [0.2, 0.25) is 0 Å². The van der Waals surface area contributed by atoms with Crippen molar-refractivity contribution < 1.29 is 0 Å². The molecule has 3 saturated heterocycles. The Labute approximate surface area is 105 Å². The van der Waals surface area contributed by atoms with Crippen molar-refractivity contribution in [2.75, 3.05) is 26.2 Å². The van der Waals surface area contributed by atoms with Crippen molar-refractivity contribution in [3.63, 3.8) is 0 Å². The van der Waals surface area contributed by atoms with Crippen molar-refractivity contribution in [1.82, 2.24) is 9.80 Å². The Morgan fingerprint density at radius 1 is 1.18 bits per heavy atom. The third-order valence-electron chi connectivity index (χ3n) is 5.52. The summed E-state index contributed by atoms with van der Waals surface area (Å²) in [5, 5.41) is 0. The molecule has 3 atom stereocenters. The van der Waals surface area contributed by atoms with Crippen molar-refractivity contribution in [3.8, 4) is 0 Å². The minimum atomic E-state index is 0.335. The molecule has 2 N–H and O–H groups in total. The molecule has 3 aliphatic heterocycles. The summed E-state index contributed by atoms with van der Waals surface area (Å²) in [6, 6.07) is 1.59. The van der Waals surface area contributed by atoms with Crippen LogP contribution in [0, 0.1) is 0 Å². The predicted octanol–water partition coefficient (Wildman–Crippen LogP) is 1.43. The second-order valence-electron chi connectivity index (χ2n) is 6.40. The van der Waals surface area contributed by atoms with E-state index in [1.54, 1.807) is 0 Å². The fourth-order valence-electron chi connectivity index (χ4n) is 4.51. The van der Waals surface area contributed by atoms with Crippen LogP contribution < -0.4 is 5.73 Å². The minimum Gasteiger partial charge on any atom is -0.329 e. The summed E-state index contributed by atoms with van der Waals surface area (Å²) in [5.41, 5.74) is 6.54. The summed E-state index contributed by atoms with van der Waals surface area (Å²) < 4.78 is 0. The molecule has 0 aliphatic carbocycles. The summed E-state index contributed by atoms with van der Waals surface area (Å²) in [4.78, 5) is 5.46. The number of likely N-dealkylation sites (tertiary alicyclic amines) is 1. The van der Waals surface area contributed by atoms with E-state index < -0.39 is 0 Å². The topological polar surface area (TPSA) is 32.5 Å². The maximum absolute atomic E-state index is 6.20. The fourth-order valence-corrected chi connectivity index (χ4v) is 4.51. The summed E-state index contributed by atoms with van der Waals surface area (Å²) in [7, 11) is 0. The number of nitrogens with two attached hydrogens (primary N) is 1. The highest BCUT2D eigenvalue weighted by Gasteiger charge is 2.46. The molecule has 0 aromatic rings. The van der Waals surface area contributed by atoms with Gasteiger partial charge in [-0.3, -0.25) is 4.90 Å². The summed E-state index contributed by atoms with van der Waals surface area (Å²) >= 11 is 0. The van der Waals surface area contributed by atoms with Crippen LogP contribution in [0.3, 0.4) is 0 Å². The lowest BCUT2D eigenvalue weighted by Gasteiger charge is -2.50. The maximum Gasteiger partial charge on any atom is 0.0361 e. The van der Waals surface area contributed by atoms with E-state index in [-0.39, 0.29) is 0 Å². The smallest absolute Gasteiger partial charge is 0.0361 e. The lowest BCUT2D eigenvalue weighted by atomic mass is 9.81. The number of nitrogens with zero attached hydrogens (tertiary/aromatic N) is 2. The van der Waals surface area contributed by atoms with Crippen molar-refractivity contribution in [1.29, 1.82) is 0 Å². The Balaban J connectivity index is 1.77. The summed E-state index contributed by atoms with van der Waals surface area (Å²) in [6.07, 6.45) is 8.18. The van der Waals surface area contributed by atoms with Gasteiger partial charge in [-0.25, -0.2) is 0 Å². The molecule has 0 bridgehead atoms. The molecule has 3 unspecified atom stereocenters. The number of hydrogen-bond donors (Lipinski definition) is 1. The second-order valence-corrected chi connectivity index (χ2v) is 6.40. The van der Waals surface area contributed by atoms with Gasteiger partial charge < -0.3 is 10.6 Å². The van der Waals surface area contributed by atoms with Crippen LogP contribution in [0.25, 0.3) is 0 Å². The largest absolute Gasteiger partial charge is 0.329 e. The van der Waals surface area contributed by atoms with Crippen LogP contribution in [0.15, 0.2) is 0 Å². The normalized spacial score (nSPS) is 44.1. The van der Waals surface area contributed by atoms with Crippen molar-refractivity contribution >= 4 is 0 Å². The van der Waals surface area contributed by atoms with Crippen LogP contribution in [0.2, 0.25) is 0 Å². The van der Waals surface area contributed by atoms with E-state index in [2.05, 4.69) is 16.7 Å². The van der Waals surface area contributed by atoms with Gasteiger partial charge in [0, 0.05) is 30.7 Å². The van der Waals surface area contributed by atoms with Gasteiger partial charge in [0.1, 0.15) is 0 Å². The summed E-state index contributed by atoms with van der Waals surface area (Å²) in [5.74, 6) is 0. The minimum absolute atomic E-state index is 0.335. The van der Waals surface area contributed by atoms with E-state index in [0.29, 0.717) is 5.54 Å². The molecule has 3 fully saturated rings. The molecule has 3 heterocycles. The predicted molar refractivity (Wildman–Crippen MR) is 71.0 cm³/mol. The SMILES string of the molecule is CC1CCCN1C1(CN)CCN2CCCC2C1. The molecule has 0 spiro atoms. The monoisotopic (exact) mass is 237 g/mol. The Bertz CT molecular complexity index is 281. The molecule has 3 nitrogen and oxygen atoms in total. The van der Waals surface area contributed by atoms with Gasteiger partial charge in [0.15, 0.2) is 0 Å². The van der Waals surface area contributed by atoms with E-state index in [1.165, 1.54) is 58.2 Å². The lowest BCUT2D eigenvalue weighted by molar-refractivity contribution is 0.00610. The maximum atomic E-state index is 6.20. The second kappa shape index (κ2) is 4.52. The highest BCUT2D eigenvalue weighted by atomic mass is 15.3. The van der Waals surface area contributed by atoms with Gasteiger partial charge in [-0.1, -0.05) is 0 Å². The van der Waals surface area contributed by atoms with E-state index in [1.807, 2.05) is 0 Å². The van der Waals surface area contributed by atoms with Crippen molar-refractivity contribution in [3.05, 3.63) is 0 Å². The van der Waals surface area contributed by atoms with Gasteiger partial charge in [0.25, 0.3) is 0 Å². The average molecular weight is 237 g/mol. The van der Waals surface area contributed by atoms with Gasteiger partial charge >= 0.3 is 0 Å². The van der Waals surface area contributed by atoms with E-state index in [9.17, 15) is 0 Å². The molecule has 98 valence electrons. The van der Waals surface area contributed by atoms with E-state index >= 15 is 0 Å². The zero-order chi connectivity index (χ0) is 11.9. The molecule has 17 heavy (non-hydrogen) atoms. The molecule has 0 aromatic carbocycles. The molecule has 3 heteroatoms. The molecule has 0 saturated carbocycles. The first-order valence-electron chi connectivity index (χ1n) is 7.46. The zero-order valence-electron chi connectivity index (χ0n) is 11.2. The molecule has 0 aromatic heterocycles. The Kier molecular flexibility index (Phi) is 3.18. The standard InChI is InChI=1S/C14H27N3/c1-12-4-2-8-17(12)14(11-15)6-9-16-7-3-5-13(16)10-14/h12-13H,2-11,15H2,1H3. The Hall–Kier alpha value is -0.120. The lowest BCUT2D eigenvalue weighted by Crippen LogP contribution is -2.61. The van der Waals surface area contributed by atoms with Crippen molar-refractivity contribution in [2.24, 2.45) is 5.73 Å². The summed E-state index contributed by atoms with van der Waals surface area (Å²) in [6.45, 7) is 7.16. The van der Waals surface area contributed by atoms with Crippen LogP contribution in [0.4, 0.5) is 0 Å². The van der Waals surface area contributed by atoms with Crippen LogP contribution >= 0.6 is 0 Å². The van der Waals surface area contributed by atoms with Gasteiger partial charge in [-0.05, 0) is 58.5 Å². The van der Waals surface area contributed by atoms with Crippen LogP contribution in [-0.4, -0.2) is 53.6 Å². The van der Waals surface area contributed by atoms with Crippen LogP contribution in [-0.2, 0) is 0 Å². The first kappa shape index (κ1) is 11.9. The molecule has 0 amide bonds.